The molecule has 3 N–H and O–H groups in total. The van der Waals surface area contributed by atoms with E-state index in [0.717, 1.165) is 24.1 Å². The standard InChI is InChI=1S/C22H29N3O2.ClH/c1-4-8-18-20(15(3)26)14(2)24-21(18)22(27)25-12-17(11-23)19(13-25)16-9-6-5-7-10-16;/h5-7,9-10,17,19,24H,4,8,11-13,23H2,1-3H3;1H/t17-,19+;/m1./s1. The zero-order valence-electron chi connectivity index (χ0n) is 16.8. The molecule has 5 nitrogen and oxygen atoms in total. The summed E-state index contributed by atoms with van der Waals surface area (Å²) in [6.07, 6.45) is 1.60. The summed E-state index contributed by atoms with van der Waals surface area (Å²) in [7, 11) is 0. The fraction of sp³-hybridized carbons (Fsp3) is 0.455. The highest BCUT2D eigenvalue weighted by atomic mass is 35.5. The van der Waals surface area contributed by atoms with Crippen LogP contribution in [0.4, 0.5) is 0 Å². The number of nitrogens with zero attached hydrogens (tertiary/aromatic N) is 1. The van der Waals surface area contributed by atoms with E-state index in [9.17, 15) is 9.59 Å². The van der Waals surface area contributed by atoms with Crippen molar-refractivity contribution in [1.82, 2.24) is 9.88 Å². The van der Waals surface area contributed by atoms with Crippen molar-refractivity contribution in [2.45, 2.75) is 39.5 Å². The second-order valence-corrected chi connectivity index (χ2v) is 7.51. The second kappa shape index (κ2) is 9.39. The van der Waals surface area contributed by atoms with Crippen LogP contribution < -0.4 is 5.73 Å². The quantitative estimate of drug-likeness (QED) is 0.721. The Bertz CT molecular complexity index is 832. The van der Waals surface area contributed by atoms with E-state index >= 15 is 0 Å². The first-order valence-corrected chi connectivity index (χ1v) is 9.74. The van der Waals surface area contributed by atoms with Gasteiger partial charge < -0.3 is 15.6 Å². The lowest BCUT2D eigenvalue weighted by Gasteiger charge is -2.17. The summed E-state index contributed by atoms with van der Waals surface area (Å²) < 4.78 is 0. The van der Waals surface area contributed by atoms with Crippen molar-refractivity contribution in [3.8, 4) is 0 Å². The van der Waals surface area contributed by atoms with E-state index in [1.165, 1.54) is 5.56 Å². The minimum atomic E-state index is -0.0223. The number of hydrogen-bond donors (Lipinski definition) is 2. The molecule has 2 aromatic rings. The molecule has 0 radical (unpaired) electrons. The number of likely N-dealkylation sites (tertiary alicyclic amines) is 1. The van der Waals surface area contributed by atoms with Gasteiger partial charge in [-0.05, 0) is 43.9 Å². The molecule has 0 saturated carbocycles. The lowest BCUT2D eigenvalue weighted by molar-refractivity contribution is 0.0780. The van der Waals surface area contributed by atoms with Gasteiger partial charge in [-0.25, -0.2) is 0 Å². The van der Waals surface area contributed by atoms with Crippen LogP contribution in [0.3, 0.4) is 0 Å². The Morgan fingerprint density at radius 1 is 1.21 bits per heavy atom. The number of aryl methyl sites for hydroxylation is 1. The SMILES string of the molecule is CCCc1c(C(=O)N2C[C@@H](CN)[C@H](c3ccccc3)C2)[nH]c(C)c1C(C)=O.Cl. The number of aromatic nitrogens is 1. The molecule has 2 atom stereocenters. The van der Waals surface area contributed by atoms with Crippen molar-refractivity contribution in [1.29, 1.82) is 0 Å². The minimum Gasteiger partial charge on any atom is -0.354 e. The number of nitrogens with two attached hydrogens (primary N) is 1. The van der Waals surface area contributed by atoms with E-state index in [4.69, 9.17) is 5.73 Å². The van der Waals surface area contributed by atoms with Crippen LogP contribution >= 0.6 is 12.4 Å². The number of nitrogens with one attached hydrogen (secondary N) is 1. The average molecular weight is 404 g/mol. The van der Waals surface area contributed by atoms with Crippen LogP contribution in [0.25, 0.3) is 0 Å². The minimum absolute atomic E-state index is 0. The molecule has 0 aliphatic carbocycles. The van der Waals surface area contributed by atoms with Crippen LogP contribution in [0.1, 0.15) is 63.9 Å². The Balaban J connectivity index is 0.00000280. The van der Waals surface area contributed by atoms with Crippen LogP contribution in [0.15, 0.2) is 30.3 Å². The molecule has 1 fully saturated rings. The van der Waals surface area contributed by atoms with Crippen LogP contribution in [-0.2, 0) is 6.42 Å². The van der Waals surface area contributed by atoms with Gasteiger partial charge in [0.25, 0.3) is 5.91 Å². The Morgan fingerprint density at radius 3 is 2.46 bits per heavy atom. The molecule has 152 valence electrons. The summed E-state index contributed by atoms with van der Waals surface area (Å²) in [5.74, 6) is 0.480. The average Bonchev–Trinajstić information content (AvgIpc) is 3.23. The van der Waals surface area contributed by atoms with Crippen molar-refractivity contribution >= 4 is 24.1 Å². The highest BCUT2D eigenvalue weighted by molar-refractivity contribution is 6.02. The smallest absolute Gasteiger partial charge is 0.270 e. The van der Waals surface area contributed by atoms with Gasteiger partial charge in [-0.3, -0.25) is 9.59 Å². The van der Waals surface area contributed by atoms with Crippen LogP contribution in [-0.4, -0.2) is 41.2 Å². The maximum atomic E-state index is 13.3. The zero-order valence-corrected chi connectivity index (χ0v) is 17.6. The number of ketones is 1. The van der Waals surface area contributed by atoms with Gasteiger partial charge in [0.2, 0.25) is 0 Å². The van der Waals surface area contributed by atoms with Gasteiger partial charge in [-0.1, -0.05) is 43.7 Å². The zero-order chi connectivity index (χ0) is 19.6. The molecule has 1 amide bonds. The van der Waals surface area contributed by atoms with Gasteiger partial charge in [-0.2, -0.15) is 0 Å². The van der Waals surface area contributed by atoms with E-state index in [-0.39, 0.29) is 35.9 Å². The van der Waals surface area contributed by atoms with Crippen molar-refractivity contribution < 1.29 is 9.59 Å². The largest absolute Gasteiger partial charge is 0.354 e. The number of hydrogen-bond acceptors (Lipinski definition) is 3. The third-order valence-corrected chi connectivity index (χ3v) is 5.62. The van der Waals surface area contributed by atoms with Crippen molar-refractivity contribution in [2.75, 3.05) is 19.6 Å². The van der Waals surface area contributed by atoms with E-state index in [0.29, 0.717) is 30.9 Å². The molecule has 3 rings (SSSR count). The summed E-state index contributed by atoms with van der Waals surface area (Å²) in [6.45, 7) is 7.35. The van der Waals surface area contributed by atoms with Gasteiger partial charge in [0, 0.05) is 30.3 Å². The molecule has 0 spiro atoms. The fourth-order valence-electron chi connectivity index (χ4n) is 4.35. The van der Waals surface area contributed by atoms with Crippen LogP contribution in [0, 0.1) is 12.8 Å². The number of carbonyl (C=O) groups excluding carboxylic acids is 2. The Morgan fingerprint density at radius 2 is 1.89 bits per heavy atom. The van der Waals surface area contributed by atoms with E-state index in [1.54, 1.807) is 6.92 Å². The number of rotatable bonds is 6. The van der Waals surface area contributed by atoms with Gasteiger partial charge in [-0.15, -0.1) is 12.4 Å². The van der Waals surface area contributed by atoms with Gasteiger partial charge in [0.05, 0.1) is 0 Å². The van der Waals surface area contributed by atoms with Gasteiger partial charge >= 0.3 is 0 Å². The second-order valence-electron chi connectivity index (χ2n) is 7.51. The number of aromatic amines is 1. The lowest BCUT2D eigenvalue weighted by atomic mass is 9.89. The summed E-state index contributed by atoms with van der Waals surface area (Å²) in [5.41, 5.74) is 10.1. The third-order valence-electron chi connectivity index (χ3n) is 5.62. The topological polar surface area (TPSA) is 79.2 Å². The molecule has 1 aromatic heterocycles. The lowest BCUT2D eigenvalue weighted by Crippen LogP contribution is -2.31. The molecule has 1 saturated heterocycles. The van der Waals surface area contributed by atoms with Crippen LogP contribution in [0.5, 0.6) is 0 Å². The maximum absolute atomic E-state index is 13.3. The van der Waals surface area contributed by atoms with E-state index in [1.807, 2.05) is 30.0 Å². The summed E-state index contributed by atoms with van der Waals surface area (Å²) in [5, 5.41) is 0. The summed E-state index contributed by atoms with van der Waals surface area (Å²) in [4.78, 5) is 30.5. The predicted octanol–water partition coefficient (Wildman–Crippen LogP) is 3.71. The molecular formula is C22H30ClN3O2. The Kier molecular flexibility index (Phi) is 7.44. The molecule has 2 heterocycles. The first kappa shape index (κ1) is 22.2. The molecule has 0 bridgehead atoms. The Hall–Kier alpha value is -2.11. The van der Waals surface area contributed by atoms with Gasteiger partial charge in [0.15, 0.2) is 5.78 Å². The van der Waals surface area contributed by atoms with E-state index in [2.05, 4.69) is 24.0 Å². The molecule has 0 unspecified atom stereocenters. The number of Topliss-reactive ketones (excluding diaryl/α,β-unsaturated/α-hetero) is 1. The first-order valence-electron chi connectivity index (χ1n) is 9.74. The number of H-pyrrole nitrogens is 1. The van der Waals surface area contributed by atoms with Crippen LogP contribution in [0.2, 0.25) is 0 Å². The predicted molar refractivity (Wildman–Crippen MR) is 114 cm³/mol. The number of carbonyl (C=O) groups is 2. The number of amides is 1. The van der Waals surface area contributed by atoms with Crippen molar-refractivity contribution in [2.24, 2.45) is 11.7 Å². The van der Waals surface area contributed by atoms with Crippen molar-refractivity contribution in [3.63, 3.8) is 0 Å². The molecule has 28 heavy (non-hydrogen) atoms. The highest BCUT2D eigenvalue weighted by Crippen LogP contribution is 2.33. The number of benzene rings is 1. The van der Waals surface area contributed by atoms with Crippen molar-refractivity contribution in [3.05, 3.63) is 58.4 Å². The van der Waals surface area contributed by atoms with Gasteiger partial charge in [0.1, 0.15) is 5.69 Å². The molecule has 1 aromatic carbocycles. The fourth-order valence-corrected chi connectivity index (χ4v) is 4.35. The van der Waals surface area contributed by atoms with E-state index < -0.39 is 0 Å². The molecular weight excluding hydrogens is 374 g/mol. The normalized spacial score (nSPS) is 18.8. The number of halogens is 1. The first-order chi connectivity index (χ1) is 13.0. The molecule has 1 aliphatic rings. The Labute approximate surface area is 173 Å². The highest BCUT2D eigenvalue weighted by Gasteiger charge is 2.37. The summed E-state index contributed by atoms with van der Waals surface area (Å²) >= 11 is 0. The maximum Gasteiger partial charge on any atom is 0.270 e. The third kappa shape index (κ3) is 4.15. The molecule has 1 aliphatic heterocycles. The molecule has 6 heteroatoms. The summed E-state index contributed by atoms with van der Waals surface area (Å²) in [6, 6.07) is 10.3. The monoisotopic (exact) mass is 403 g/mol.